The molecule has 1 aliphatic rings. The molecular weight excluding hydrogens is 313 g/mol. The molecule has 1 amide bonds. The van der Waals surface area contributed by atoms with Crippen molar-refractivity contribution < 1.29 is 9.18 Å². The van der Waals surface area contributed by atoms with Crippen LogP contribution in [0.25, 0.3) is 0 Å². The summed E-state index contributed by atoms with van der Waals surface area (Å²) in [6, 6.07) is 13.9. The Balaban J connectivity index is 1.81. The Hall–Kier alpha value is -1.87. The Kier molecular flexibility index (Phi) is 4.40. The van der Waals surface area contributed by atoms with Crippen LogP contribution < -0.4 is 0 Å². The number of benzene rings is 2. The van der Waals surface area contributed by atoms with Crippen LogP contribution in [0.4, 0.5) is 4.39 Å². The van der Waals surface area contributed by atoms with Crippen LogP contribution in [0.2, 0.25) is 5.02 Å². The number of likely N-dealkylation sites (N-methyl/N-ethyl adjacent to an activating group) is 1. The molecule has 1 fully saturated rings. The Bertz CT molecular complexity index is 710. The van der Waals surface area contributed by atoms with E-state index in [0.29, 0.717) is 11.6 Å². The summed E-state index contributed by atoms with van der Waals surface area (Å²) in [5.41, 5.74) is 1.41. The quantitative estimate of drug-likeness (QED) is 0.804. The fourth-order valence-corrected chi connectivity index (χ4v) is 3.48. The molecule has 1 aliphatic carbocycles. The minimum Gasteiger partial charge on any atom is -0.341 e. The van der Waals surface area contributed by atoms with Gasteiger partial charge in [0.25, 0.3) is 0 Å². The number of carbonyl (C=O) groups excluding carboxylic acids is 1. The Morgan fingerprint density at radius 1 is 1.22 bits per heavy atom. The van der Waals surface area contributed by atoms with E-state index in [1.807, 2.05) is 31.3 Å². The molecular formula is C19H19ClFNO. The zero-order valence-electron chi connectivity index (χ0n) is 13.1. The van der Waals surface area contributed by atoms with Crippen molar-refractivity contribution in [2.24, 2.45) is 0 Å². The normalized spacial score (nSPS) is 15.8. The van der Waals surface area contributed by atoms with Crippen molar-refractivity contribution in [2.45, 2.75) is 31.2 Å². The largest absolute Gasteiger partial charge is 0.341 e. The number of nitrogens with zero attached hydrogens (tertiary/aromatic N) is 1. The van der Waals surface area contributed by atoms with Crippen molar-refractivity contribution in [3.05, 3.63) is 70.5 Å². The van der Waals surface area contributed by atoms with E-state index in [0.717, 1.165) is 30.4 Å². The van der Waals surface area contributed by atoms with Crippen molar-refractivity contribution in [1.29, 1.82) is 0 Å². The first-order valence-corrected chi connectivity index (χ1v) is 8.15. The molecule has 0 spiro atoms. The summed E-state index contributed by atoms with van der Waals surface area (Å²) in [5.74, 6) is -0.182. The van der Waals surface area contributed by atoms with Crippen LogP contribution in [0.15, 0.2) is 48.5 Å². The second-order valence-corrected chi connectivity index (χ2v) is 6.67. The first-order chi connectivity index (χ1) is 11.0. The van der Waals surface area contributed by atoms with Gasteiger partial charge < -0.3 is 4.90 Å². The topological polar surface area (TPSA) is 20.3 Å². The second kappa shape index (κ2) is 6.32. The molecule has 0 unspecified atom stereocenters. The molecule has 2 aromatic carbocycles. The van der Waals surface area contributed by atoms with Crippen LogP contribution in [-0.2, 0) is 16.8 Å². The summed E-state index contributed by atoms with van der Waals surface area (Å²) in [5, 5.41) is 0.667. The average Bonchev–Trinajstić information content (AvgIpc) is 2.48. The fraction of sp³-hybridized carbons (Fsp3) is 0.316. The van der Waals surface area contributed by atoms with Crippen LogP contribution >= 0.6 is 11.6 Å². The molecule has 0 aliphatic heterocycles. The van der Waals surface area contributed by atoms with Gasteiger partial charge in [-0.2, -0.15) is 0 Å². The van der Waals surface area contributed by atoms with Crippen LogP contribution in [0.5, 0.6) is 0 Å². The van der Waals surface area contributed by atoms with Gasteiger partial charge >= 0.3 is 0 Å². The van der Waals surface area contributed by atoms with Gasteiger partial charge in [-0.05, 0) is 48.2 Å². The predicted molar refractivity (Wildman–Crippen MR) is 89.9 cm³/mol. The van der Waals surface area contributed by atoms with Crippen molar-refractivity contribution >= 4 is 17.5 Å². The summed E-state index contributed by atoms with van der Waals surface area (Å²) in [6.45, 7) is 0.516. The van der Waals surface area contributed by atoms with E-state index >= 15 is 0 Å². The molecule has 0 saturated heterocycles. The van der Waals surface area contributed by atoms with E-state index < -0.39 is 5.41 Å². The highest BCUT2D eigenvalue weighted by atomic mass is 35.5. The van der Waals surface area contributed by atoms with Gasteiger partial charge in [0.2, 0.25) is 5.91 Å². The van der Waals surface area contributed by atoms with Crippen molar-refractivity contribution in [3.63, 3.8) is 0 Å². The third-order valence-electron chi connectivity index (χ3n) is 4.67. The van der Waals surface area contributed by atoms with Gasteiger partial charge in [0.1, 0.15) is 5.82 Å². The van der Waals surface area contributed by atoms with Crippen LogP contribution in [0.3, 0.4) is 0 Å². The van der Waals surface area contributed by atoms with E-state index in [-0.39, 0.29) is 11.7 Å². The maximum absolute atomic E-state index is 13.2. The molecule has 0 aromatic heterocycles. The monoisotopic (exact) mass is 331 g/mol. The number of halogens is 2. The molecule has 0 bridgehead atoms. The molecule has 0 N–H and O–H groups in total. The lowest BCUT2D eigenvalue weighted by molar-refractivity contribution is -0.140. The molecule has 0 radical (unpaired) electrons. The minimum atomic E-state index is -0.499. The number of rotatable bonds is 4. The lowest BCUT2D eigenvalue weighted by Crippen LogP contribution is -2.49. The van der Waals surface area contributed by atoms with Gasteiger partial charge in [0, 0.05) is 18.6 Å². The van der Waals surface area contributed by atoms with Crippen LogP contribution in [-0.4, -0.2) is 17.9 Å². The van der Waals surface area contributed by atoms with Crippen LogP contribution in [0.1, 0.15) is 30.4 Å². The van der Waals surface area contributed by atoms with Gasteiger partial charge in [0.05, 0.1) is 5.41 Å². The zero-order valence-corrected chi connectivity index (χ0v) is 13.8. The van der Waals surface area contributed by atoms with Gasteiger partial charge in [-0.1, -0.05) is 42.3 Å². The second-order valence-electron chi connectivity index (χ2n) is 6.23. The van der Waals surface area contributed by atoms with Crippen molar-refractivity contribution in [2.75, 3.05) is 7.05 Å². The Morgan fingerprint density at radius 3 is 2.48 bits per heavy atom. The highest BCUT2D eigenvalue weighted by molar-refractivity contribution is 6.30. The van der Waals surface area contributed by atoms with E-state index in [2.05, 4.69) is 0 Å². The predicted octanol–water partition coefficient (Wildman–Crippen LogP) is 4.56. The molecule has 120 valence electrons. The SMILES string of the molecule is CN(Cc1cccc(Cl)c1)C(=O)C1(c2ccc(F)cc2)CCC1. The molecule has 3 rings (SSSR count). The molecule has 0 atom stereocenters. The molecule has 23 heavy (non-hydrogen) atoms. The van der Waals surface area contributed by atoms with Gasteiger partial charge in [-0.3, -0.25) is 4.79 Å². The maximum Gasteiger partial charge on any atom is 0.233 e. The Labute approximate surface area is 140 Å². The minimum absolute atomic E-state index is 0.0929. The van der Waals surface area contributed by atoms with E-state index in [1.165, 1.54) is 12.1 Å². The average molecular weight is 332 g/mol. The molecule has 1 saturated carbocycles. The van der Waals surface area contributed by atoms with E-state index in [1.54, 1.807) is 17.0 Å². The number of hydrogen-bond acceptors (Lipinski definition) is 1. The lowest BCUT2D eigenvalue weighted by Gasteiger charge is -2.43. The van der Waals surface area contributed by atoms with Crippen molar-refractivity contribution in [3.8, 4) is 0 Å². The number of amides is 1. The third kappa shape index (κ3) is 3.11. The maximum atomic E-state index is 13.2. The number of hydrogen-bond donors (Lipinski definition) is 0. The highest BCUT2D eigenvalue weighted by Gasteiger charge is 2.46. The standard InChI is InChI=1S/C19H19ClFNO/c1-22(13-14-4-2-5-16(20)12-14)18(23)19(10-3-11-19)15-6-8-17(21)9-7-15/h2,4-9,12H,3,10-11,13H2,1H3. The third-order valence-corrected chi connectivity index (χ3v) is 4.90. The van der Waals surface area contributed by atoms with E-state index in [4.69, 9.17) is 11.6 Å². The van der Waals surface area contributed by atoms with Gasteiger partial charge in [-0.25, -0.2) is 4.39 Å². The fourth-order valence-electron chi connectivity index (χ4n) is 3.27. The highest BCUT2D eigenvalue weighted by Crippen LogP contribution is 2.45. The number of carbonyl (C=O) groups is 1. The van der Waals surface area contributed by atoms with Gasteiger partial charge in [0.15, 0.2) is 0 Å². The molecule has 4 heteroatoms. The zero-order chi connectivity index (χ0) is 16.4. The summed E-state index contributed by atoms with van der Waals surface area (Å²) in [6.07, 6.45) is 2.66. The van der Waals surface area contributed by atoms with Gasteiger partial charge in [-0.15, -0.1) is 0 Å². The Morgan fingerprint density at radius 2 is 1.91 bits per heavy atom. The molecule has 2 nitrogen and oxygen atoms in total. The van der Waals surface area contributed by atoms with E-state index in [9.17, 15) is 9.18 Å². The summed E-state index contributed by atoms with van der Waals surface area (Å²) < 4.78 is 13.2. The summed E-state index contributed by atoms with van der Waals surface area (Å²) in [4.78, 5) is 14.8. The van der Waals surface area contributed by atoms with Crippen molar-refractivity contribution in [1.82, 2.24) is 4.90 Å². The summed E-state index contributed by atoms with van der Waals surface area (Å²) >= 11 is 6.01. The smallest absolute Gasteiger partial charge is 0.233 e. The first-order valence-electron chi connectivity index (χ1n) is 7.77. The van der Waals surface area contributed by atoms with Crippen LogP contribution in [0, 0.1) is 5.82 Å². The molecule has 2 aromatic rings. The summed E-state index contributed by atoms with van der Waals surface area (Å²) in [7, 11) is 1.81. The first kappa shape index (κ1) is 16.0. The molecule has 0 heterocycles. The lowest BCUT2D eigenvalue weighted by atomic mass is 9.63.